The maximum atomic E-state index is 13.2. The first-order valence-electron chi connectivity index (χ1n) is 8.42. The molecule has 1 aliphatic carbocycles. The molecule has 0 saturated heterocycles. The van der Waals surface area contributed by atoms with Gasteiger partial charge in [-0.05, 0) is 38.8 Å². The molecule has 0 amide bonds. The summed E-state index contributed by atoms with van der Waals surface area (Å²) in [5.41, 5.74) is 0.777. The van der Waals surface area contributed by atoms with E-state index in [0.29, 0.717) is 22.6 Å². The van der Waals surface area contributed by atoms with Crippen LogP contribution >= 0.6 is 0 Å². The molecule has 0 unspecified atom stereocenters. The van der Waals surface area contributed by atoms with Gasteiger partial charge in [-0.2, -0.15) is 0 Å². The van der Waals surface area contributed by atoms with Crippen LogP contribution in [0.2, 0.25) is 0 Å². The molecule has 25 heavy (non-hydrogen) atoms. The molecule has 0 radical (unpaired) electrons. The van der Waals surface area contributed by atoms with Crippen molar-refractivity contribution in [3.05, 3.63) is 51.4 Å². The van der Waals surface area contributed by atoms with Crippen LogP contribution in [0.4, 0.5) is 0 Å². The Kier molecular flexibility index (Phi) is 3.52. The number of hydrogen-bond donors (Lipinski definition) is 0. The standard InChI is InChI=1S/C18H20N4O3/c1-11(2)20-10-19-16-15(20)17(23)21(12-8-9-12)18(24)22(16)13-6-4-5-7-14(13)25-3/h4-7,10-12H,8-9H2,1-3H3. The molecule has 7 heteroatoms. The highest BCUT2D eigenvalue weighted by atomic mass is 16.5. The third-order valence-corrected chi connectivity index (χ3v) is 4.60. The van der Waals surface area contributed by atoms with E-state index < -0.39 is 0 Å². The number of rotatable bonds is 4. The van der Waals surface area contributed by atoms with Crippen molar-refractivity contribution in [2.75, 3.05) is 7.11 Å². The number of aromatic nitrogens is 4. The van der Waals surface area contributed by atoms with Crippen LogP contribution in [-0.4, -0.2) is 25.8 Å². The maximum absolute atomic E-state index is 13.2. The summed E-state index contributed by atoms with van der Waals surface area (Å²) in [6.45, 7) is 3.97. The van der Waals surface area contributed by atoms with Crippen molar-refractivity contribution >= 4 is 11.2 Å². The lowest BCUT2D eigenvalue weighted by atomic mass is 10.3. The summed E-state index contributed by atoms with van der Waals surface area (Å²) in [6.07, 6.45) is 3.32. The summed E-state index contributed by atoms with van der Waals surface area (Å²) in [5, 5.41) is 0. The van der Waals surface area contributed by atoms with Gasteiger partial charge in [0.2, 0.25) is 0 Å². The van der Waals surface area contributed by atoms with Crippen LogP contribution in [0.25, 0.3) is 16.9 Å². The van der Waals surface area contributed by atoms with Gasteiger partial charge in [0.25, 0.3) is 5.56 Å². The second kappa shape index (κ2) is 5.61. The smallest absolute Gasteiger partial charge is 0.337 e. The molecule has 3 aromatic rings. The number of fused-ring (bicyclic) bond motifs is 1. The van der Waals surface area contributed by atoms with E-state index in [1.807, 2.05) is 30.5 Å². The first-order valence-corrected chi connectivity index (χ1v) is 8.42. The van der Waals surface area contributed by atoms with E-state index in [2.05, 4.69) is 4.98 Å². The average Bonchev–Trinajstić information content (AvgIpc) is 3.32. The molecule has 0 bridgehead atoms. The molecule has 1 aliphatic rings. The fourth-order valence-electron chi connectivity index (χ4n) is 3.20. The number of para-hydroxylation sites is 2. The zero-order valence-electron chi connectivity index (χ0n) is 14.5. The minimum atomic E-state index is -0.362. The van der Waals surface area contributed by atoms with Crippen molar-refractivity contribution < 1.29 is 4.74 Å². The van der Waals surface area contributed by atoms with Crippen LogP contribution in [0.5, 0.6) is 5.75 Å². The molecule has 0 N–H and O–H groups in total. The molecule has 2 aromatic heterocycles. The normalized spacial score (nSPS) is 14.4. The zero-order valence-corrected chi connectivity index (χ0v) is 14.5. The molecule has 1 fully saturated rings. The quantitative estimate of drug-likeness (QED) is 0.730. The van der Waals surface area contributed by atoms with Gasteiger partial charge >= 0.3 is 5.69 Å². The molecule has 1 aromatic carbocycles. The van der Waals surface area contributed by atoms with E-state index in [0.717, 1.165) is 12.8 Å². The summed E-state index contributed by atoms with van der Waals surface area (Å²) >= 11 is 0. The van der Waals surface area contributed by atoms with Gasteiger partial charge in [0.05, 0.1) is 19.1 Å². The van der Waals surface area contributed by atoms with Gasteiger partial charge in [0, 0.05) is 12.1 Å². The predicted molar refractivity (Wildman–Crippen MR) is 94.8 cm³/mol. The highest BCUT2D eigenvalue weighted by molar-refractivity contribution is 5.73. The Hall–Kier alpha value is -2.83. The molecule has 0 spiro atoms. The molecular weight excluding hydrogens is 320 g/mol. The Morgan fingerprint density at radius 3 is 2.56 bits per heavy atom. The Bertz CT molecular complexity index is 1070. The van der Waals surface area contributed by atoms with Gasteiger partial charge < -0.3 is 9.30 Å². The van der Waals surface area contributed by atoms with E-state index in [1.165, 1.54) is 9.13 Å². The Morgan fingerprint density at radius 2 is 1.92 bits per heavy atom. The van der Waals surface area contributed by atoms with E-state index in [-0.39, 0.29) is 23.3 Å². The second-order valence-corrected chi connectivity index (χ2v) is 6.61. The summed E-state index contributed by atoms with van der Waals surface area (Å²) in [6, 6.07) is 7.31. The van der Waals surface area contributed by atoms with E-state index >= 15 is 0 Å². The number of hydrogen-bond acceptors (Lipinski definition) is 4. The molecule has 7 nitrogen and oxygen atoms in total. The van der Waals surface area contributed by atoms with E-state index in [4.69, 9.17) is 4.74 Å². The molecule has 1 saturated carbocycles. The van der Waals surface area contributed by atoms with Gasteiger partial charge in [-0.25, -0.2) is 14.3 Å². The summed E-state index contributed by atoms with van der Waals surface area (Å²) < 4.78 is 10.1. The lowest BCUT2D eigenvalue weighted by molar-refractivity contribution is 0.412. The summed E-state index contributed by atoms with van der Waals surface area (Å²) in [5.74, 6) is 0.561. The minimum Gasteiger partial charge on any atom is -0.495 e. The van der Waals surface area contributed by atoms with Crippen LogP contribution in [-0.2, 0) is 0 Å². The highest BCUT2D eigenvalue weighted by Gasteiger charge is 2.31. The van der Waals surface area contributed by atoms with Crippen molar-refractivity contribution in [3.8, 4) is 11.4 Å². The van der Waals surface area contributed by atoms with Gasteiger partial charge in [-0.3, -0.25) is 9.36 Å². The van der Waals surface area contributed by atoms with Crippen molar-refractivity contribution in [3.63, 3.8) is 0 Å². The van der Waals surface area contributed by atoms with Crippen molar-refractivity contribution in [1.29, 1.82) is 0 Å². The topological polar surface area (TPSA) is 71.1 Å². The van der Waals surface area contributed by atoms with Gasteiger partial charge in [0.1, 0.15) is 5.75 Å². The van der Waals surface area contributed by atoms with Crippen LogP contribution in [0, 0.1) is 0 Å². The van der Waals surface area contributed by atoms with Crippen molar-refractivity contribution in [2.24, 2.45) is 0 Å². The molecule has 130 valence electrons. The number of benzene rings is 1. The fourth-order valence-corrected chi connectivity index (χ4v) is 3.20. The molecule has 2 heterocycles. The summed E-state index contributed by atoms with van der Waals surface area (Å²) in [7, 11) is 1.56. The SMILES string of the molecule is COc1ccccc1-n1c(=O)n(C2CC2)c(=O)c2c1ncn2C(C)C. The zero-order chi connectivity index (χ0) is 17.7. The first kappa shape index (κ1) is 15.7. The highest BCUT2D eigenvalue weighted by Crippen LogP contribution is 2.33. The van der Waals surface area contributed by atoms with Gasteiger partial charge in [0.15, 0.2) is 11.2 Å². The number of methoxy groups -OCH3 is 1. The maximum Gasteiger partial charge on any atom is 0.337 e. The largest absolute Gasteiger partial charge is 0.495 e. The predicted octanol–water partition coefficient (Wildman–Crippen LogP) is 2.27. The van der Waals surface area contributed by atoms with E-state index in [1.54, 1.807) is 25.6 Å². The average molecular weight is 340 g/mol. The number of imidazole rings is 1. The molecule has 0 aliphatic heterocycles. The third-order valence-electron chi connectivity index (χ3n) is 4.60. The van der Waals surface area contributed by atoms with Crippen molar-refractivity contribution in [1.82, 2.24) is 18.7 Å². The molecule has 0 atom stereocenters. The van der Waals surface area contributed by atoms with Crippen LogP contribution in [0.1, 0.15) is 38.8 Å². The Morgan fingerprint density at radius 1 is 1.20 bits per heavy atom. The fraction of sp³-hybridized carbons (Fsp3) is 0.389. The lowest BCUT2D eigenvalue weighted by Gasteiger charge is -2.15. The Balaban J connectivity index is 2.18. The third kappa shape index (κ3) is 2.30. The molecular formula is C18H20N4O3. The molecule has 4 rings (SSSR count). The van der Waals surface area contributed by atoms with Gasteiger partial charge in [-0.1, -0.05) is 12.1 Å². The number of nitrogens with zero attached hydrogens (tertiary/aromatic N) is 4. The second-order valence-electron chi connectivity index (χ2n) is 6.61. The van der Waals surface area contributed by atoms with Crippen LogP contribution < -0.4 is 16.0 Å². The van der Waals surface area contributed by atoms with Crippen LogP contribution in [0.3, 0.4) is 0 Å². The van der Waals surface area contributed by atoms with Crippen LogP contribution in [0.15, 0.2) is 40.2 Å². The monoisotopic (exact) mass is 340 g/mol. The summed E-state index contributed by atoms with van der Waals surface area (Å²) in [4.78, 5) is 30.6. The lowest BCUT2D eigenvalue weighted by Crippen LogP contribution is -2.39. The number of ether oxygens (including phenoxy) is 1. The minimum absolute atomic E-state index is 0.0270. The Labute approximate surface area is 144 Å². The first-order chi connectivity index (χ1) is 12.0. The van der Waals surface area contributed by atoms with E-state index in [9.17, 15) is 9.59 Å². The van der Waals surface area contributed by atoms with Gasteiger partial charge in [-0.15, -0.1) is 0 Å². The van der Waals surface area contributed by atoms with Crippen molar-refractivity contribution in [2.45, 2.75) is 38.8 Å².